The van der Waals surface area contributed by atoms with Gasteiger partial charge in [0.15, 0.2) is 11.5 Å². The second kappa shape index (κ2) is 6.28. The molecule has 0 saturated carbocycles. The number of carbonyl (C=O) groups is 1. The van der Waals surface area contributed by atoms with Gasteiger partial charge in [-0.3, -0.25) is 9.59 Å². The molecule has 0 bridgehead atoms. The van der Waals surface area contributed by atoms with Gasteiger partial charge in [0, 0.05) is 19.9 Å². The lowest BCUT2D eigenvalue weighted by Gasteiger charge is -2.43. The average molecular weight is 400 g/mol. The number of rotatable bonds is 4. The maximum Gasteiger partial charge on any atom is 0.238 e. The van der Waals surface area contributed by atoms with Gasteiger partial charge in [-0.05, 0) is 42.6 Å². The molecule has 3 rings (SSSR count). The largest absolute Gasteiger partial charge is 0.491 e. The zero-order chi connectivity index (χ0) is 17.6. The van der Waals surface area contributed by atoms with Crippen LogP contribution in [0.1, 0.15) is 43.2 Å². The number of aromatic nitrogens is 1. The van der Waals surface area contributed by atoms with Gasteiger partial charge in [-0.1, -0.05) is 0 Å². The molecule has 0 spiro atoms. The number of hydrogen-bond acceptors (Lipinski definition) is 5. The highest BCUT2D eigenvalue weighted by Crippen LogP contribution is 2.50. The van der Waals surface area contributed by atoms with Gasteiger partial charge in [-0.15, -0.1) is 0 Å². The quantitative estimate of drug-likeness (QED) is 0.778. The van der Waals surface area contributed by atoms with Crippen molar-refractivity contribution in [3.63, 3.8) is 0 Å². The van der Waals surface area contributed by atoms with Gasteiger partial charge in [0.1, 0.15) is 5.69 Å². The van der Waals surface area contributed by atoms with Crippen molar-refractivity contribution >= 4 is 21.7 Å². The smallest absolute Gasteiger partial charge is 0.238 e. The molecule has 0 N–H and O–H groups in total. The van der Waals surface area contributed by atoms with Crippen molar-refractivity contribution in [1.82, 2.24) is 4.57 Å². The summed E-state index contributed by atoms with van der Waals surface area (Å²) < 4.78 is 18.9. The van der Waals surface area contributed by atoms with Crippen molar-refractivity contribution in [2.75, 3.05) is 20.8 Å². The molecule has 3 heterocycles. The maximum absolute atomic E-state index is 13.3. The van der Waals surface area contributed by atoms with Gasteiger partial charge in [-0.2, -0.15) is 0 Å². The Bertz CT molecular complexity index is 730. The van der Waals surface area contributed by atoms with Crippen LogP contribution >= 0.6 is 15.9 Å². The van der Waals surface area contributed by atoms with E-state index in [2.05, 4.69) is 15.9 Å². The van der Waals surface area contributed by atoms with Crippen LogP contribution in [0.5, 0.6) is 5.75 Å². The second-order valence-electron chi connectivity index (χ2n) is 6.76. The Morgan fingerprint density at radius 3 is 2.75 bits per heavy atom. The first-order valence-corrected chi connectivity index (χ1v) is 8.82. The summed E-state index contributed by atoms with van der Waals surface area (Å²) in [4.78, 5) is 25.8. The highest BCUT2D eigenvalue weighted by Gasteiger charge is 2.55. The number of fused-ring (bicyclic) bond motifs is 3. The van der Waals surface area contributed by atoms with Crippen LogP contribution in [-0.4, -0.2) is 43.4 Å². The zero-order valence-electron chi connectivity index (χ0n) is 14.3. The molecule has 1 aromatic rings. The molecule has 6 nitrogen and oxygen atoms in total. The Labute approximate surface area is 149 Å². The topological polar surface area (TPSA) is 66.8 Å². The predicted molar refractivity (Wildman–Crippen MR) is 91.9 cm³/mol. The number of methoxy groups -OCH3 is 2. The minimum absolute atomic E-state index is 0.0136. The Morgan fingerprint density at radius 1 is 1.42 bits per heavy atom. The van der Waals surface area contributed by atoms with Crippen molar-refractivity contribution in [2.45, 2.75) is 44.9 Å². The number of carbonyl (C=O) groups excluding carboxylic acids is 1. The van der Waals surface area contributed by atoms with Gasteiger partial charge in [0.2, 0.25) is 5.43 Å². The summed E-state index contributed by atoms with van der Waals surface area (Å²) in [5.74, 6) is -0.0348. The zero-order valence-corrected chi connectivity index (χ0v) is 15.9. The fraction of sp³-hybridized carbons (Fsp3) is 0.647. The van der Waals surface area contributed by atoms with Crippen LogP contribution in [-0.2, 0) is 9.47 Å². The first kappa shape index (κ1) is 17.6. The van der Waals surface area contributed by atoms with Crippen molar-refractivity contribution in [3.05, 3.63) is 26.6 Å². The van der Waals surface area contributed by atoms with Gasteiger partial charge in [0.05, 0.1) is 35.2 Å². The third kappa shape index (κ3) is 2.45. The molecule has 4 atom stereocenters. The maximum atomic E-state index is 13.3. The summed E-state index contributed by atoms with van der Waals surface area (Å²) in [7, 11) is 3.03. The lowest BCUT2D eigenvalue weighted by Crippen LogP contribution is -2.50. The van der Waals surface area contributed by atoms with Crippen LogP contribution in [0.2, 0.25) is 0 Å². The van der Waals surface area contributed by atoms with Crippen molar-refractivity contribution in [3.8, 4) is 5.75 Å². The molecule has 1 aromatic heterocycles. The molecule has 4 unspecified atom stereocenters. The van der Waals surface area contributed by atoms with Crippen molar-refractivity contribution in [1.29, 1.82) is 0 Å². The Hall–Kier alpha value is -1.18. The molecule has 7 heteroatoms. The van der Waals surface area contributed by atoms with E-state index in [1.54, 1.807) is 13.3 Å². The summed E-state index contributed by atoms with van der Waals surface area (Å²) >= 11 is 3.28. The number of ether oxygens (including phenoxy) is 3. The molecule has 0 amide bonds. The summed E-state index contributed by atoms with van der Waals surface area (Å²) in [5.41, 5.74) is -0.723. The Kier molecular flexibility index (Phi) is 4.61. The summed E-state index contributed by atoms with van der Waals surface area (Å²) in [6.07, 6.45) is 2.80. The Morgan fingerprint density at radius 2 is 2.12 bits per heavy atom. The van der Waals surface area contributed by atoms with Crippen LogP contribution in [0.15, 0.2) is 15.5 Å². The molecule has 0 aliphatic carbocycles. The van der Waals surface area contributed by atoms with Gasteiger partial charge in [-0.25, -0.2) is 0 Å². The molecule has 2 aliphatic rings. The van der Waals surface area contributed by atoms with E-state index in [0.717, 1.165) is 6.42 Å². The summed E-state index contributed by atoms with van der Waals surface area (Å²) in [6, 6.07) is -0.0136. The summed E-state index contributed by atoms with van der Waals surface area (Å²) in [5, 5.41) is 0. The lowest BCUT2D eigenvalue weighted by atomic mass is 9.70. The molecule has 0 radical (unpaired) electrons. The van der Waals surface area contributed by atoms with Crippen LogP contribution in [0.3, 0.4) is 0 Å². The average Bonchev–Trinajstić information content (AvgIpc) is 2.95. The first-order chi connectivity index (χ1) is 11.3. The minimum Gasteiger partial charge on any atom is -0.491 e. The molecular weight excluding hydrogens is 378 g/mol. The second-order valence-corrected chi connectivity index (χ2v) is 7.61. The van der Waals surface area contributed by atoms with E-state index in [1.165, 1.54) is 7.11 Å². The van der Waals surface area contributed by atoms with E-state index in [9.17, 15) is 9.59 Å². The number of hydrogen-bond donors (Lipinski definition) is 0. The van der Waals surface area contributed by atoms with Crippen molar-refractivity contribution < 1.29 is 19.0 Å². The molecule has 0 aromatic carbocycles. The first-order valence-electron chi connectivity index (χ1n) is 8.03. The number of ketones is 1. The lowest BCUT2D eigenvalue weighted by molar-refractivity contribution is -0.0424. The van der Waals surface area contributed by atoms with Crippen LogP contribution in [0.25, 0.3) is 0 Å². The van der Waals surface area contributed by atoms with E-state index in [1.807, 2.05) is 18.4 Å². The Balaban J connectivity index is 2.24. The van der Waals surface area contributed by atoms with Gasteiger partial charge in [0.25, 0.3) is 0 Å². The molecule has 2 aliphatic heterocycles. The van der Waals surface area contributed by atoms with Crippen LogP contribution < -0.4 is 10.2 Å². The molecule has 1 fully saturated rings. The highest BCUT2D eigenvalue weighted by atomic mass is 79.9. The normalized spacial score (nSPS) is 31.7. The molecule has 1 saturated heterocycles. The predicted octanol–water partition coefficient (Wildman–Crippen LogP) is 2.58. The number of nitrogens with zero attached hydrogens (tertiary/aromatic N) is 1. The third-order valence-corrected chi connectivity index (χ3v) is 5.76. The van der Waals surface area contributed by atoms with Crippen LogP contribution in [0.4, 0.5) is 0 Å². The number of Topliss-reactive ketones (excluding diaryl/α,β-unsaturated/α-hetero) is 1. The van der Waals surface area contributed by atoms with E-state index < -0.39 is 5.41 Å². The fourth-order valence-corrected chi connectivity index (χ4v) is 4.31. The fourth-order valence-electron chi connectivity index (χ4n) is 3.91. The molecule has 132 valence electrons. The molecular formula is C17H22BrNO5. The van der Waals surface area contributed by atoms with E-state index in [0.29, 0.717) is 23.2 Å². The van der Waals surface area contributed by atoms with Crippen molar-refractivity contribution in [2.24, 2.45) is 5.41 Å². The number of pyridine rings is 1. The standard InChI is InChI=1S/C17H22BrNO5/c1-9-7-11-16(24-9)17(2,5-6-22-3)15(21)12-14(23-4)13(20)10(18)8-19(11)12/h8-9,11,16H,5-7H2,1-4H3. The van der Waals surface area contributed by atoms with E-state index >= 15 is 0 Å². The monoisotopic (exact) mass is 399 g/mol. The van der Waals surface area contributed by atoms with Gasteiger partial charge >= 0.3 is 0 Å². The van der Waals surface area contributed by atoms with Crippen LogP contribution in [0, 0.1) is 5.41 Å². The SMILES string of the molecule is COCCC1(C)C(=O)c2c(OC)c(=O)c(Br)cn2C2CC(C)OC21. The van der Waals surface area contributed by atoms with E-state index in [-0.39, 0.29) is 35.2 Å². The number of halogens is 1. The minimum atomic E-state index is -0.751. The van der Waals surface area contributed by atoms with E-state index in [4.69, 9.17) is 14.2 Å². The highest BCUT2D eigenvalue weighted by molar-refractivity contribution is 9.10. The third-order valence-electron chi connectivity index (χ3n) is 5.20. The summed E-state index contributed by atoms with van der Waals surface area (Å²) in [6.45, 7) is 4.36. The molecule has 24 heavy (non-hydrogen) atoms. The van der Waals surface area contributed by atoms with Gasteiger partial charge < -0.3 is 18.8 Å².